The largest absolute Gasteiger partial charge is 0.465 e. The minimum absolute atomic E-state index is 0.399. The van der Waals surface area contributed by atoms with Gasteiger partial charge in [0.1, 0.15) is 0 Å². The van der Waals surface area contributed by atoms with E-state index >= 15 is 0 Å². The van der Waals surface area contributed by atoms with Crippen LogP contribution in [-0.2, 0) is 19.1 Å². The molecule has 0 rings (SSSR count). The van der Waals surface area contributed by atoms with Crippen molar-refractivity contribution in [2.75, 3.05) is 13.2 Å². The van der Waals surface area contributed by atoms with Crippen LogP contribution in [0, 0.1) is 5.41 Å². The highest BCUT2D eigenvalue weighted by Gasteiger charge is 2.45. The monoisotopic (exact) mass is 468 g/mol. The van der Waals surface area contributed by atoms with E-state index in [-0.39, 0.29) is 0 Å². The van der Waals surface area contributed by atoms with E-state index in [0.717, 1.165) is 25.7 Å². The predicted molar refractivity (Wildman–Crippen MR) is 139 cm³/mol. The second kappa shape index (κ2) is 22.7. The van der Waals surface area contributed by atoms with Crippen molar-refractivity contribution in [3.8, 4) is 0 Å². The molecular weight excluding hydrogens is 412 g/mol. The molecule has 0 aromatic rings. The van der Waals surface area contributed by atoms with Gasteiger partial charge in [0.05, 0.1) is 13.2 Å². The molecule has 0 aromatic heterocycles. The van der Waals surface area contributed by atoms with Crippen LogP contribution >= 0.6 is 0 Å². The summed E-state index contributed by atoms with van der Waals surface area (Å²) in [6, 6.07) is 0. The third kappa shape index (κ3) is 15.5. The van der Waals surface area contributed by atoms with Crippen LogP contribution in [0.2, 0.25) is 0 Å². The molecule has 0 aliphatic rings. The Morgan fingerprint density at radius 1 is 0.455 bits per heavy atom. The third-order valence-electron chi connectivity index (χ3n) is 6.95. The van der Waals surface area contributed by atoms with Crippen molar-refractivity contribution >= 4 is 11.9 Å². The number of hydrogen-bond acceptors (Lipinski definition) is 4. The smallest absolute Gasteiger partial charge is 0.323 e. The highest BCUT2D eigenvalue weighted by atomic mass is 16.6. The Bertz CT molecular complexity index is 419. The summed E-state index contributed by atoms with van der Waals surface area (Å²) in [5.74, 6) is -0.798. The summed E-state index contributed by atoms with van der Waals surface area (Å²) in [4.78, 5) is 25.5. The molecule has 4 heteroatoms. The summed E-state index contributed by atoms with van der Waals surface area (Å²) in [6.45, 7) is 9.05. The Balaban J connectivity index is 4.01. The summed E-state index contributed by atoms with van der Waals surface area (Å²) in [7, 11) is 0. The van der Waals surface area contributed by atoms with Crippen molar-refractivity contribution < 1.29 is 19.1 Å². The molecule has 196 valence electrons. The third-order valence-corrected chi connectivity index (χ3v) is 6.95. The van der Waals surface area contributed by atoms with Gasteiger partial charge in [-0.15, -0.1) is 0 Å². The zero-order valence-electron chi connectivity index (χ0n) is 22.7. The van der Waals surface area contributed by atoms with Crippen LogP contribution in [0.3, 0.4) is 0 Å². The second-order valence-electron chi connectivity index (χ2n) is 9.72. The summed E-state index contributed by atoms with van der Waals surface area (Å²) >= 11 is 0. The maximum absolute atomic E-state index is 12.8. The molecule has 0 heterocycles. The van der Waals surface area contributed by atoms with Crippen molar-refractivity contribution in [3.05, 3.63) is 0 Å². The molecule has 0 spiro atoms. The lowest BCUT2D eigenvalue weighted by Gasteiger charge is -2.27. The number of rotatable bonds is 24. The summed E-state index contributed by atoms with van der Waals surface area (Å²) in [5.41, 5.74) is -1.14. The van der Waals surface area contributed by atoms with Crippen molar-refractivity contribution in [3.63, 3.8) is 0 Å². The number of ether oxygens (including phenoxy) is 2. The van der Waals surface area contributed by atoms with Gasteiger partial charge in [0.25, 0.3) is 0 Å². The Kier molecular flexibility index (Phi) is 22.0. The molecule has 4 nitrogen and oxygen atoms in total. The minimum Gasteiger partial charge on any atom is -0.465 e. The molecule has 0 N–H and O–H groups in total. The van der Waals surface area contributed by atoms with Crippen LogP contribution in [0.1, 0.15) is 156 Å². The van der Waals surface area contributed by atoms with Gasteiger partial charge in [-0.2, -0.15) is 0 Å². The van der Waals surface area contributed by atoms with Crippen LogP contribution in [-0.4, -0.2) is 25.2 Å². The fraction of sp³-hybridized carbons (Fsp3) is 0.931. The standard InChI is InChI=1S/C29H56O4/c1-5-9-11-13-15-17-19-21-23-25-32-27(30)29(7-3,8-4)28(31)33-26-24-22-20-18-16-14-12-10-6-2/h5-26H2,1-4H3. The maximum atomic E-state index is 12.8. The lowest BCUT2D eigenvalue weighted by Crippen LogP contribution is -2.41. The van der Waals surface area contributed by atoms with Gasteiger partial charge in [-0.25, -0.2) is 0 Å². The molecule has 0 aromatic carbocycles. The SMILES string of the molecule is CCCCCCCCCCCOC(=O)C(CC)(CC)C(=O)OCCCCCCCCCCC. The summed E-state index contributed by atoms with van der Waals surface area (Å²) < 4.78 is 11.1. The van der Waals surface area contributed by atoms with Crippen LogP contribution in [0.25, 0.3) is 0 Å². The zero-order chi connectivity index (χ0) is 24.6. The predicted octanol–water partition coefficient (Wildman–Crippen LogP) is 8.94. The number of carbonyl (C=O) groups excluding carboxylic acids is 2. The minimum atomic E-state index is -1.14. The normalized spacial score (nSPS) is 11.5. The second-order valence-corrected chi connectivity index (χ2v) is 9.72. The van der Waals surface area contributed by atoms with Crippen LogP contribution in [0.15, 0.2) is 0 Å². The van der Waals surface area contributed by atoms with Crippen molar-refractivity contribution in [2.45, 2.75) is 156 Å². The number of hydrogen-bond donors (Lipinski definition) is 0. The molecule has 0 amide bonds. The average molecular weight is 469 g/mol. The van der Waals surface area contributed by atoms with Gasteiger partial charge >= 0.3 is 11.9 Å². The maximum Gasteiger partial charge on any atom is 0.323 e. The van der Waals surface area contributed by atoms with Gasteiger partial charge in [-0.05, 0) is 25.7 Å². The van der Waals surface area contributed by atoms with Crippen molar-refractivity contribution in [2.24, 2.45) is 5.41 Å². The molecule has 0 bridgehead atoms. The molecule has 0 aliphatic heterocycles. The van der Waals surface area contributed by atoms with E-state index in [2.05, 4.69) is 13.8 Å². The lowest BCUT2D eigenvalue weighted by atomic mass is 9.82. The topological polar surface area (TPSA) is 52.6 Å². The van der Waals surface area contributed by atoms with Crippen LogP contribution < -0.4 is 0 Å². The fourth-order valence-electron chi connectivity index (χ4n) is 4.34. The highest BCUT2D eigenvalue weighted by Crippen LogP contribution is 2.30. The molecule has 33 heavy (non-hydrogen) atoms. The van der Waals surface area contributed by atoms with Crippen LogP contribution in [0.4, 0.5) is 0 Å². The molecule has 0 aliphatic carbocycles. The van der Waals surface area contributed by atoms with E-state index in [1.165, 1.54) is 89.9 Å². The lowest BCUT2D eigenvalue weighted by molar-refractivity contribution is -0.173. The Hall–Kier alpha value is -1.06. The van der Waals surface area contributed by atoms with Gasteiger partial charge in [0.15, 0.2) is 5.41 Å². The van der Waals surface area contributed by atoms with E-state index < -0.39 is 17.4 Å². The number of unbranched alkanes of at least 4 members (excludes halogenated alkanes) is 16. The number of esters is 2. The first kappa shape index (κ1) is 31.9. The van der Waals surface area contributed by atoms with Gasteiger partial charge < -0.3 is 9.47 Å². The van der Waals surface area contributed by atoms with Gasteiger partial charge in [0, 0.05) is 0 Å². The molecular formula is C29H56O4. The molecule has 0 atom stereocenters. The molecule has 0 fully saturated rings. The van der Waals surface area contributed by atoms with Gasteiger partial charge in [-0.1, -0.05) is 130 Å². The molecule has 0 radical (unpaired) electrons. The molecule has 0 saturated heterocycles. The fourth-order valence-corrected chi connectivity index (χ4v) is 4.34. The first-order valence-electron chi connectivity index (χ1n) is 14.4. The van der Waals surface area contributed by atoms with E-state index in [4.69, 9.17) is 9.47 Å². The highest BCUT2D eigenvalue weighted by molar-refractivity contribution is 5.99. The van der Waals surface area contributed by atoms with Gasteiger partial charge in [-0.3, -0.25) is 9.59 Å². The Morgan fingerprint density at radius 3 is 1.00 bits per heavy atom. The number of carbonyl (C=O) groups is 2. The van der Waals surface area contributed by atoms with E-state index in [1.807, 2.05) is 13.8 Å². The summed E-state index contributed by atoms with van der Waals surface area (Å²) in [5, 5.41) is 0. The van der Waals surface area contributed by atoms with Gasteiger partial charge in [0.2, 0.25) is 0 Å². The molecule has 0 saturated carbocycles. The average Bonchev–Trinajstić information content (AvgIpc) is 2.82. The van der Waals surface area contributed by atoms with E-state index in [9.17, 15) is 9.59 Å². The quantitative estimate of drug-likeness (QED) is 0.0805. The summed E-state index contributed by atoms with van der Waals surface area (Å²) in [6.07, 6.45) is 22.9. The first-order chi connectivity index (χ1) is 16.1. The van der Waals surface area contributed by atoms with Crippen molar-refractivity contribution in [1.82, 2.24) is 0 Å². The van der Waals surface area contributed by atoms with Crippen molar-refractivity contribution in [1.29, 1.82) is 0 Å². The van der Waals surface area contributed by atoms with E-state index in [1.54, 1.807) is 0 Å². The van der Waals surface area contributed by atoms with Crippen LogP contribution in [0.5, 0.6) is 0 Å². The Morgan fingerprint density at radius 2 is 0.727 bits per heavy atom. The zero-order valence-corrected chi connectivity index (χ0v) is 22.7. The first-order valence-corrected chi connectivity index (χ1v) is 14.4. The van der Waals surface area contributed by atoms with E-state index in [0.29, 0.717) is 26.1 Å². The Labute approximate surface area is 206 Å². The molecule has 0 unspecified atom stereocenters.